The fourth-order valence-electron chi connectivity index (χ4n) is 4.02. The van der Waals surface area contributed by atoms with E-state index < -0.39 is 12.4 Å². The van der Waals surface area contributed by atoms with Gasteiger partial charge in [-0.05, 0) is 36.8 Å². The zero-order valence-electron chi connectivity index (χ0n) is 19.5. The van der Waals surface area contributed by atoms with E-state index in [9.17, 15) is 0 Å². The van der Waals surface area contributed by atoms with Crippen molar-refractivity contribution in [3.8, 4) is 16.9 Å². The first kappa shape index (κ1) is 24.6. The van der Waals surface area contributed by atoms with Crippen molar-refractivity contribution in [2.45, 2.75) is 37.6 Å². The fraction of sp³-hybridized carbons (Fsp3) is 0.360. The van der Waals surface area contributed by atoms with Gasteiger partial charge in [-0.25, -0.2) is 4.98 Å². The van der Waals surface area contributed by atoms with E-state index in [1.807, 2.05) is 66.2 Å². The second kappa shape index (κ2) is 11.2. The molecule has 0 N–H and O–H groups in total. The second-order valence-corrected chi connectivity index (χ2v) is 8.83. The van der Waals surface area contributed by atoms with E-state index >= 15 is 0 Å². The molecule has 2 aromatic carbocycles. The molecule has 0 spiro atoms. The van der Waals surface area contributed by atoms with E-state index in [2.05, 4.69) is 26.1 Å². The van der Waals surface area contributed by atoms with Crippen LogP contribution in [0.3, 0.4) is 0 Å². The van der Waals surface area contributed by atoms with Crippen LogP contribution in [0.1, 0.15) is 12.5 Å². The number of rotatable bonds is 8. The molecule has 2 heterocycles. The van der Waals surface area contributed by atoms with E-state index in [0.29, 0.717) is 0 Å². The SMILES string of the molecule is CO[C@@H]1[C@@H](OC)[C@H](C)O[C@@H](O/N=C/c2ccc(-c3cn(-c4ccc(Br)cc4)cn3)cc2)[C@@H]1OC. The van der Waals surface area contributed by atoms with Crippen LogP contribution >= 0.6 is 15.9 Å². The standard InChI is InChI=1S/C25H28BrN3O5/c1-16-22(30-2)23(31-3)24(32-4)25(33-16)34-28-13-17-5-7-18(8-6-17)21-14-29(15-27-21)20-11-9-19(26)10-12-20/h5-16,22-25H,1-4H3/b28-13+/t16-,22-,23+,24+,25-/m0/s1. The van der Waals surface area contributed by atoms with Crippen LogP contribution in [0.5, 0.6) is 0 Å². The third kappa shape index (κ3) is 5.39. The van der Waals surface area contributed by atoms with Gasteiger partial charge in [-0.3, -0.25) is 0 Å². The number of aromatic nitrogens is 2. The van der Waals surface area contributed by atoms with E-state index in [1.165, 1.54) is 0 Å². The molecule has 9 heteroatoms. The smallest absolute Gasteiger partial charge is 0.256 e. The monoisotopic (exact) mass is 529 g/mol. The summed E-state index contributed by atoms with van der Waals surface area (Å²) in [5, 5.41) is 4.12. The number of imidazole rings is 1. The molecule has 0 radical (unpaired) electrons. The molecule has 8 nitrogen and oxygen atoms in total. The lowest BCUT2D eigenvalue weighted by Gasteiger charge is -2.42. The van der Waals surface area contributed by atoms with Gasteiger partial charge in [0.2, 0.25) is 0 Å². The molecule has 0 unspecified atom stereocenters. The number of halogens is 1. The van der Waals surface area contributed by atoms with Crippen LogP contribution in [0.15, 0.2) is 70.7 Å². The van der Waals surface area contributed by atoms with Gasteiger partial charge in [0.25, 0.3) is 6.29 Å². The molecular weight excluding hydrogens is 502 g/mol. The van der Waals surface area contributed by atoms with Crippen LogP contribution in [0.4, 0.5) is 0 Å². The van der Waals surface area contributed by atoms with Crippen molar-refractivity contribution in [3.63, 3.8) is 0 Å². The summed E-state index contributed by atoms with van der Waals surface area (Å²) in [5.74, 6) is 0. The maximum atomic E-state index is 5.91. The highest BCUT2D eigenvalue weighted by atomic mass is 79.9. The summed E-state index contributed by atoms with van der Waals surface area (Å²) in [5.41, 5.74) is 3.82. The highest BCUT2D eigenvalue weighted by Crippen LogP contribution is 2.28. The number of oxime groups is 1. The third-order valence-electron chi connectivity index (χ3n) is 5.82. The van der Waals surface area contributed by atoms with Crippen LogP contribution in [0.2, 0.25) is 0 Å². The minimum Gasteiger partial charge on any atom is -0.376 e. The molecule has 3 aromatic rings. The van der Waals surface area contributed by atoms with Crippen molar-refractivity contribution in [1.29, 1.82) is 0 Å². The molecule has 1 aliphatic rings. The minimum atomic E-state index is -0.713. The minimum absolute atomic E-state index is 0.238. The maximum absolute atomic E-state index is 5.91. The van der Waals surface area contributed by atoms with Gasteiger partial charge >= 0.3 is 0 Å². The summed E-state index contributed by atoms with van der Waals surface area (Å²) < 4.78 is 25.6. The molecule has 0 bridgehead atoms. The first-order chi connectivity index (χ1) is 16.5. The molecule has 1 aliphatic heterocycles. The molecular formula is C25H28BrN3O5. The average molecular weight is 530 g/mol. The lowest BCUT2D eigenvalue weighted by atomic mass is 9.99. The summed E-state index contributed by atoms with van der Waals surface area (Å²) in [4.78, 5) is 10.2. The van der Waals surface area contributed by atoms with E-state index in [4.69, 9.17) is 23.8 Å². The highest BCUT2D eigenvalue weighted by molar-refractivity contribution is 9.10. The van der Waals surface area contributed by atoms with Gasteiger partial charge in [-0.2, -0.15) is 0 Å². The Morgan fingerprint density at radius 2 is 1.62 bits per heavy atom. The van der Waals surface area contributed by atoms with Gasteiger partial charge in [0.1, 0.15) is 12.2 Å². The van der Waals surface area contributed by atoms with Crippen LogP contribution in [0, 0.1) is 0 Å². The predicted molar refractivity (Wildman–Crippen MR) is 132 cm³/mol. The first-order valence-corrected chi connectivity index (χ1v) is 11.7. The maximum Gasteiger partial charge on any atom is 0.256 e. The van der Waals surface area contributed by atoms with Crippen molar-refractivity contribution in [2.75, 3.05) is 21.3 Å². The zero-order valence-corrected chi connectivity index (χ0v) is 21.1. The van der Waals surface area contributed by atoms with Crippen molar-refractivity contribution in [3.05, 3.63) is 71.1 Å². The summed E-state index contributed by atoms with van der Waals surface area (Å²) >= 11 is 3.46. The summed E-state index contributed by atoms with van der Waals surface area (Å²) in [6.07, 6.45) is 3.41. The zero-order chi connectivity index (χ0) is 24.1. The van der Waals surface area contributed by atoms with Gasteiger partial charge in [0, 0.05) is 43.2 Å². The molecule has 180 valence electrons. The summed E-state index contributed by atoms with van der Waals surface area (Å²) in [6.45, 7) is 1.91. The summed E-state index contributed by atoms with van der Waals surface area (Å²) in [7, 11) is 4.82. The molecule has 0 saturated carbocycles. The number of methoxy groups -OCH3 is 3. The number of hydrogen-bond acceptors (Lipinski definition) is 7. The highest BCUT2D eigenvalue weighted by Gasteiger charge is 2.46. The largest absolute Gasteiger partial charge is 0.376 e. The Balaban J connectivity index is 1.40. The molecule has 1 fully saturated rings. The fourth-order valence-corrected chi connectivity index (χ4v) is 4.28. The van der Waals surface area contributed by atoms with Crippen LogP contribution in [-0.2, 0) is 23.8 Å². The Morgan fingerprint density at radius 1 is 0.941 bits per heavy atom. The average Bonchev–Trinajstić information content (AvgIpc) is 3.35. The summed E-state index contributed by atoms with van der Waals surface area (Å²) in [6, 6.07) is 16.0. The number of ether oxygens (including phenoxy) is 4. The molecule has 0 amide bonds. The normalized spacial score (nSPS) is 25.0. The van der Waals surface area contributed by atoms with E-state index in [1.54, 1.807) is 33.9 Å². The second-order valence-electron chi connectivity index (χ2n) is 7.92. The van der Waals surface area contributed by atoms with E-state index in [0.717, 1.165) is 27.0 Å². The molecule has 5 atom stereocenters. The first-order valence-electron chi connectivity index (χ1n) is 10.9. The predicted octanol–water partition coefficient (Wildman–Crippen LogP) is 4.44. The van der Waals surface area contributed by atoms with Crippen molar-refractivity contribution >= 4 is 22.1 Å². The Bertz CT molecular complexity index is 1090. The lowest BCUT2D eigenvalue weighted by molar-refractivity contribution is -0.305. The van der Waals surface area contributed by atoms with E-state index in [-0.39, 0.29) is 18.3 Å². The van der Waals surface area contributed by atoms with Gasteiger partial charge < -0.3 is 28.4 Å². The molecule has 0 aliphatic carbocycles. The molecule has 4 rings (SSSR count). The Hall–Kier alpha value is -2.56. The Labute approximate surface area is 207 Å². The quantitative estimate of drug-likeness (QED) is 0.317. The number of hydrogen-bond donors (Lipinski definition) is 0. The topological polar surface area (TPSA) is 76.3 Å². The number of benzene rings is 2. The van der Waals surface area contributed by atoms with Crippen LogP contribution < -0.4 is 0 Å². The van der Waals surface area contributed by atoms with Gasteiger partial charge in [0.15, 0.2) is 6.10 Å². The molecule has 34 heavy (non-hydrogen) atoms. The van der Waals surface area contributed by atoms with Crippen molar-refractivity contribution < 1.29 is 23.8 Å². The third-order valence-corrected chi connectivity index (χ3v) is 6.35. The molecule has 1 aromatic heterocycles. The Morgan fingerprint density at radius 3 is 2.26 bits per heavy atom. The Kier molecular flexibility index (Phi) is 8.12. The van der Waals surface area contributed by atoms with Crippen LogP contribution in [0.25, 0.3) is 16.9 Å². The van der Waals surface area contributed by atoms with Gasteiger partial charge in [0.05, 0.1) is 24.3 Å². The van der Waals surface area contributed by atoms with Crippen LogP contribution in [-0.4, -0.2) is 67.8 Å². The van der Waals surface area contributed by atoms with Crippen molar-refractivity contribution in [1.82, 2.24) is 9.55 Å². The van der Waals surface area contributed by atoms with Crippen molar-refractivity contribution in [2.24, 2.45) is 5.16 Å². The van der Waals surface area contributed by atoms with Gasteiger partial charge in [-0.1, -0.05) is 45.4 Å². The molecule has 1 saturated heterocycles. The lowest BCUT2D eigenvalue weighted by Crippen LogP contribution is -2.59. The number of nitrogens with zero attached hydrogens (tertiary/aromatic N) is 3. The van der Waals surface area contributed by atoms with Gasteiger partial charge in [-0.15, -0.1) is 0 Å².